The zero-order valence-electron chi connectivity index (χ0n) is 13.0. The van der Waals surface area contributed by atoms with Crippen molar-refractivity contribution in [2.75, 3.05) is 11.9 Å². The van der Waals surface area contributed by atoms with Crippen molar-refractivity contribution in [3.8, 4) is 0 Å². The van der Waals surface area contributed by atoms with Gasteiger partial charge >= 0.3 is 0 Å². The number of aromatic nitrogens is 3. The Morgan fingerprint density at radius 2 is 2.14 bits per heavy atom. The van der Waals surface area contributed by atoms with Gasteiger partial charge in [-0.2, -0.15) is 0 Å². The molecule has 3 N–H and O–H groups in total. The molecule has 0 aliphatic rings. The number of aryl methyl sites for hydroxylation is 2. The second kappa shape index (κ2) is 9.39. The highest BCUT2D eigenvalue weighted by molar-refractivity contribution is 14.0. The summed E-state index contributed by atoms with van der Waals surface area (Å²) < 4.78 is 1.99. The number of hydrogen-bond acceptors (Lipinski definition) is 3. The van der Waals surface area contributed by atoms with Crippen LogP contribution in [0.3, 0.4) is 0 Å². The summed E-state index contributed by atoms with van der Waals surface area (Å²) in [4.78, 5) is 4.33. The van der Waals surface area contributed by atoms with Crippen LogP contribution in [0.15, 0.2) is 35.6 Å². The van der Waals surface area contributed by atoms with Crippen LogP contribution in [0.5, 0.6) is 0 Å². The predicted octanol–water partition coefficient (Wildman–Crippen LogP) is 2.45. The molecule has 0 amide bonds. The van der Waals surface area contributed by atoms with Gasteiger partial charge in [-0.3, -0.25) is 4.99 Å². The van der Waals surface area contributed by atoms with E-state index in [1.807, 2.05) is 16.7 Å². The molecule has 0 aliphatic carbocycles. The van der Waals surface area contributed by atoms with Crippen LogP contribution in [0, 0.1) is 0 Å². The highest BCUT2D eigenvalue weighted by Crippen LogP contribution is 2.10. The summed E-state index contributed by atoms with van der Waals surface area (Å²) in [6.07, 6.45) is 3.59. The fraction of sp³-hybridized carbons (Fsp3) is 0.400. The molecular weight excluding hydrogens is 391 g/mol. The second-order valence-corrected chi connectivity index (χ2v) is 4.74. The summed E-state index contributed by atoms with van der Waals surface area (Å²) >= 11 is 0. The van der Waals surface area contributed by atoms with Gasteiger partial charge in [0.15, 0.2) is 5.96 Å². The lowest BCUT2D eigenvalue weighted by atomic mass is 10.1. The first-order valence-corrected chi connectivity index (χ1v) is 7.25. The Labute approximate surface area is 148 Å². The Morgan fingerprint density at radius 3 is 2.86 bits per heavy atom. The van der Waals surface area contributed by atoms with Gasteiger partial charge in [0.25, 0.3) is 0 Å². The maximum absolute atomic E-state index is 5.91. The summed E-state index contributed by atoms with van der Waals surface area (Å²) in [5.74, 6) is 1.39. The van der Waals surface area contributed by atoms with Crippen molar-refractivity contribution in [2.45, 2.75) is 33.2 Å². The van der Waals surface area contributed by atoms with Gasteiger partial charge in [-0.25, -0.2) is 0 Å². The molecule has 2 aromatic rings. The number of rotatable bonds is 6. The number of halogens is 1. The van der Waals surface area contributed by atoms with Gasteiger partial charge in [-0.1, -0.05) is 26.0 Å². The molecule has 0 atom stereocenters. The highest BCUT2D eigenvalue weighted by Gasteiger charge is 2.01. The van der Waals surface area contributed by atoms with Crippen LogP contribution in [0.4, 0.5) is 5.69 Å². The van der Waals surface area contributed by atoms with Crippen LogP contribution in [-0.2, 0) is 19.4 Å². The van der Waals surface area contributed by atoms with E-state index in [2.05, 4.69) is 46.5 Å². The van der Waals surface area contributed by atoms with Crippen LogP contribution in [0.2, 0.25) is 0 Å². The first-order valence-electron chi connectivity index (χ1n) is 7.25. The fourth-order valence-electron chi connectivity index (χ4n) is 2.07. The molecule has 0 unspecified atom stereocenters. The number of nitrogens with one attached hydrogen (secondary N) is 1. The topological polar surface area (TPSA) is 81.1 Å². The van der Waals surface area contributed by atoms with Gasteiger partial charge in [0.2, 0.25) is 0 Å². The molecule has 120 valence electrons. The zero-order chi connectivity index (χ0) is 15.1. The summed E-state index contributed by atoms with van der Waals surface area (Å²) in [5.41, 5.74) is 8.14. The molecule has 0 saturated heterocycles. The lowest BCUT2D eigenvalue weighted by molar-refractivity contribution is 0.666. The van der Waals surface area contributed by atoms with Gasteiger partial charge in [0, 0.05) is 18.7 Å². The quantitative estimate of drug-likeness (QED) is 0.432. The summed E-state index contributed by atoms with van der Waals surface area (Å²) in [7, 11) is 0. The van der Waals surface area contributed by atoms with Crippen LogP contribution in [-0.4, -0.2) is 27.3 Å². The van der Waals surface area contributed by atoms with Crippen LogP contribution in [0.1, 0.15) is 25.2 Å². The molecule has 22 heavy (non-hydrogen) atoms. The Balaban J connectivity index is 0.00000242. The number of hydrogen-bond donors (Lipinski definition) is 2. The molecule has 0 saturated carbocycles. The maximum atomic E-state index is 5.91. The molecule has 1 aromatic carbocycles. The van der Waals surface area contributed by atoms with Crippen molar-refractivity contribution in [1.82, 2.24) is 14.8 Å². The minimum atomic E-state index is 0. The van der Waals surface area contributed by atoms with E-state index in [0.717, 1.165) is 30.9 Å². The van der Waals surface area contributed by atoms with E-state index in [-0.39, 0.29) is 24.0 Å². The molecule has 0 fully saturated rings. The SMILES string of the molecule is CCc1cccc(NC(N)=NCCn2cnnc2CC)c1.I. The third-order valence-electron chi connectivity index (χ3n) is 3.24. The van der Waals surface area contributed by atoms with Crippen molar-refractivity contribution >= 4 is 35.6 Å². The number of anilines is 1. The smallest absolute Gasteiger partial charge is 0.193 e. The van der Waals surface area contributed by atoms with E-state index in [0.29, 0.717) is 12.5 Å². The Morgan fingerprint density at radius 1 is 1.32 bits per heavy atom. The minimum absolute atomic E-state index is 0. The van der Waals surface area contributed by atoms with Gasteiger partial charge in [0.05, 0.1) is 6.54 Å². The van der Waals surface area contributed by atoms with E-state index >= 15 is 0 Å². The normalized spacial score (nSPS) is 11.1. The standard InChI is InChI=1S/C15H22N6.HI/c1-3-12-6-5-7-13(10-12)19-15(16)17-8-9-21-11-18-20-14(21)4-2;/h5-7,10-11H,3-4,8-9H2,1-2H3,(H3,16,17,19);1H. The molecule has 7 heteroatoms. The number of aliphatic imine (C=N–C) groups is 1. The number of nitrogens with zero attached hydrogens (tertiary/aromatic N) is 4. The van der Waals surface area contributed by atoms with Crippen molar-refractivity contribution in [3.63, 3.8) is 0 Å². The van der Waals surface area contributed by atoms with E-state index in [4.69, 9.17) is 5.73 Å². The van der Waals surface area contributed by atoms with Crippen molar-refractivity contribution in [2.24, 2.45) is 10.7 Å². The van der Waals surface area contributed by atoms with Gasteiger partial charge in [0.1, 0.15) is 12.2 Å². The van der Waals surface area contributed by atoms with E-state index < -0.39 is 0 Å². The van der Waals surface area contributed by atoms with E-state index in [1.54, 1.807) is 6.33 Å². The largest absolute Gasteiger partial charge is 0.370 e. The maximum Gasteiger partial charge on any atom is 0.193 e. The van der Waals surface area contributed by atoms with Gasteiger partial charge in [-0.15, -0.1) is 34.2 Å². The van der Waals surface area contributed by atoms with Gasteiger partial charge in [-0.05, 0) is 24.1 Å². The molecular formula is C15H23IN6. The molecule has 0 bridgehead atoms. The average Bonchev–Trinajstić information content (AvgIpc) is 2.95. The number of benzene rings is 1. The Hall–Kier alpha value is -1.64. The molecule has 0 aliphatic heterocycles. The lowest BCUT2D eigenvalue weighted by Crippen LogP contribution is -2.23. The lowest BCUT2D eigenvalue weighted by Gasteiger charge is -2.07. The zero-order valence-corrected chi connectivity index (χ0v) is 15.3. The Kier molecular flexibility index (Phi) is 7.86. The third-order valence-corrected chi connectivity index (χ3v) is 3.24. The minimum Gasteiger partial charge on any atom is -0.370 e. The molecule has 1 heterocycles. The van der Waals surface area contributed by atoms with Crippen LogP contribution < -0.4 is 11.1 Å². The number of guanidine groups is 1. The molecule has 0 radical (unpaired) electrons. The molecule has 2 rings (SSSR count). The molecule has 1 aromatic heterocycles. The highest BCUT2D eigenvalue weighted by atomic mass is 127. The van der Waals surface area contributed by atoms with Gasteiger partial charge < -0.3 is 15.6 Å². The monoisotopic (exact) mass is 414 g/mol. The first kappa shape index (κ1) is 18.4. The fourth-order valence-corrected chi connectivity index (χ4v) is 2.07. The van der Waals surface area contributed by atoms with Crippen molar-refractivity contribution < 1.29 is 0 Å². The third kappa shape index (κ3) is 5.28. The van der Waals surface area contributed by atoms with Crippen LogP contribution in [0.25, 0.3) is 0 Å². The van der Waals surface area contributed by atoms with Crippen molar-refractivity contribution in [3.05, 3.63) is 42.0 Å². The Bertz CT molecular complexity index is 608. The van der Waals surface area contributed by atoms with E-state index in [9.17, 15) is 0 Å². The second-order valence-electron chi connectivity index (χ2n) is 4.74. The summed E-state index contributed by atoms with van der Waals surface area (Å²) in [5, 5.41) is 11.0. The summed E-state index contributed by atoms with van der Waals surface area (Å²) in [6.45, 7) is 5.51. The molecule has 6 nitrogen and oxygen atoms in total. The summed E-state index contributed by atoms with van der Waals surface area (Å²) in [6, 6.07) is 8.17. The van der Waals surface area contributed by atoms with Crippen molar-refractivity contribution in [1.29, 1.82) is 0 Å². The van der Waals surface area contributed by atoms with E-state index in [1.165, 1.54) is 5.56 Å². The first-order chi connectivity index (χ1) is 10.2. The number of nitrogens with two attached hydrogens (primary N) is 1. The predicted molar refractivity (Wildman–Crippen MR) is 101 cm³/mol. The van der Waals surface area contributed by atoms with Crippen LogP contribution >= 0.6 is 24.0 Å². The average molecular weight is 414 g/mol. The molecule has 0 spiro atoms.